The predicted octanol–water partition coefficient (Wildman–Crippen LogP) is 8.37. The van der Waals surface area contributed by atoms with E-state index in [1.165, 1.54) is 64.7 Å². The number of fused-ring (bicyclic) bond motifs is 5. The van der Waals surface area contributed by atoms with Crippen LogP contribution in [-0.2, 0) is 9.53 Å². The molecule has 0 aromatic carbocycles. The van der Waals surface area contributed by atoms with Crippen LogP contribution in [0, 0.1) is 52.3 Å². The monoisotopic (exact) mass is 454 g/mol. The van der Waals surface area contributed by atoms with Crippen molar-refractivity contribution in [2.75, 3.05) is 6.61 Å². The molecule has 2 nitrogen and oxygen atoms in total. The van der Waals surface area contributed by atoms with E-state index in [0.29, 0.717) is 35.2 Å². The van der Waals surface area contributed by atoms with Gasteiger partial charge in [-0.1, -0.05) is 64.8 Å². The molecule has 3 saturated carbocycles. The van der Waals surface area contributed by atoms with Gasteiger partial charge < -0.3 is 4.74 Å². The van der Waals surface area contributed by atoms with Crippen molar-refractivity contribution in [2.45, 2.75) is 106 Å². The van der Waals surface area contributed by atoms with Gasteiger partial charge in [0, 0.05) is 6.92 Å². The van der Waals surface area contributed by atoms with Gasteiger partial charge in [-0.25, -0.2) is 0 Å². The van der Waals surface area contributed by atoms with Crippen molar-refractivity contribution in [3.63, 3.8) is 0 Å². The summed E-state index contributed by atoms with van der Waals surface area (Å²) in [6.07, 6.45) is 21.6. The van der Waals surface area contributed by atoms with E-state index >= 15 is 0 Å². The van der Waals surface area contributed by atoms with Gasteiger partial charge in [0.05, 0.1) is 6.61 Å². The zero-order valence-electron chi connectivity index (χ0n) is 22.4. The van der Waals surface area contributed by atoms with Crippen molar-refractivity contribution in [3.05, 3.63) is 23.8 Å². The summed E-state index contributed by atoms with van der Waals surface area (Å²) in [4.78, 5) is 11.2. The van der Waals surface area contributed by atoms with Crippen molar-refractivity contribution in [3.8, 4) is 0 Å². The third-order valence-corrected chi connectivity index (χ3v) is 11.1. The quantitative estimate of drug-likeness (QED) is 0.285. The summed E-state index contributed by atoms with van der Waals surface area (Å²) < 4.78 is 5.30. The van der Waals surface area contributed by atoms with Crippen LogP contribution in [0.2, 0.25) is 0 Å². The molecule has 0 heterocycles. The molecule has 186 valence electrons. The maximum Gasteiger partial charge on any atom is 0.302 e. The Morgan fingerprint density at radius 2 is 1.91 bits per heavy atom. The summed E-state index contributed by atoms with van der Waals surface area (Å²) in [5.74, 6) is 4.91. The minimum absolute atomic E-state index is 0.165. The van der Waals surface area contributed by atoms with Crippen LogP contribution in [0.4, 0.5) is 0 Å². The average Bonchev–Trinajstić information content (AvgIpc) is 3.14. The highest BCUT2D eigenvalue weighted by Gasteiger charge is 2.58. The number of carbonyl (C=O) groups is 1. The molecule has 9 atom stereocenters. The predicted molar refractivity (Wildman–Crippen MR) is 138 cm³/mol. The lowest BCUT2D eigenvalue weighted by Crippen LogP contribution is -2.49. The molecule has 3 fully saturated rings. The lowest BCUT2D eigenvalue weighted by molar-refractivity contribution is -0.142. The molecular formula is C31H50O2. The van der Waals surface area contributed by atoms with Gasteiger partial charge in [-0.05, 0) is 110 Å². The fourth-order valence-electron chi connectivity index (χ4n) is 9.16. The minimum Gasteiger partial charge on any atom is -0.466 e. The third-order valence-electron chi connectivity index (χ3n) is 11.1. The highest BCUT2D eigenvalue weighted by atomic mass is 16.5. The van der Waals surface area contributed by atoms with E-state index in [9.17, 15) is 4.79 Å². The van der Waals surface area contributed by atoms with Gasteiger partial charge in [0.2, 0.25) is 0 Å². The highest BCUT2D eigenvalue weighted by molar-refractivity contribution is 5.65. The number of esters is 1. The molecule has 0 N–H and O–H groups in total. The second-order valence-electron chi connectivity index (χ2n) is 12.8. The third kappa shape index (κ3) is 4.62. The largest absolute Gasteiger partial charge is 0.466 e. The molecule has 4 rings (SSSR count). The fraction of sp³-hybridized carbons (Fsp3) is 0.839. The zero-order chi connectivity index (χ0) is 23.8. The zero-order valence-corrected chi connectivity index (χ0v) is 22.4. The van der Waals surface area contributed by atoms with Gasteiger partial charge in [-0.15, -0.1) is 0 Å². The van der Waals surface area contributed by atoms with E-state index in [2.05, 4.69) is 52.8 Å². The maximum atomic E-state index is 11.2. The SMILES string of the molecule is CCC(C=C[C@@H](C)[C@H]1CC[C@H]2[C@@H]3CC=C4CCCC[C@]4(C)[C@H]3CC[C@]12C)C(C)COC(C)=O. The molecule has 0 aliphatic heterocycles. The lowest BCUT2D eigenvalue weighted by Gasteiger charge is -2.58. The van der Waals surface area contributed by atoms with Crippen LogP contribution in [0.15, 0.2) is 23.8 Å². The molecule has 2 unspecified atom stereocenters. The number of rotatable bonds is 7. The van der Waals surface area contributed by atoms with Gasteiger partial charge in [0.1, 0.15) is 0 Å². The van der Waals surface area contributed by atoms with Gasteiger partial charge >= 0.3 is 5.97 Å². The molecule has 0 spiro atoms. The fourth-order valence-corrected chi connectivity index (χ4v) is 9.16. The standard InChI is InChI=1S/C31H50O2/c1-7-24(22(3)20-33-23(4)32)12-11-21(2)27-15-16-28-26-14-13-25-10-8-9-18-30(25,5)29(26)17-19-31(27,28)6/h11-13,21-22,24,26-29H,7-10,14-20H2,1-6H3/t21-,22?,24?,26+,27-,28+,29+,30+,31-/m1/s1. The second-order valence-corrected chi connectivity index (χ2v) is 12.8. The maximum absolute atomic E-state index is 11.2. The Morgan fingerprint density at radius 1 is 1.12 bits per heavy atom. The molecule has 33 heavy (non-hydrogen) atoms. The molecule has 0 aromatic rings. The summed E-state index contributed by atoms with van der Waals surface area (Å²) in [6, 6.07) is 0. The van der Waals surface area contributed by atoms with Crippen LogP contribution < -0.4 is 0 Å². The Labute approximate surface area is 204 Å². The minimum atomic E-state index is -0.165. The normalized spacial score (nSPS) is 40.8. The van der Waals surface area contributed by atoms with Crippen molar-refractivity contribution < 1.29 is 9.53 Å². The highest BCUT2D eigenvalue weighted by Crippen LogP contribution is 2.67. The Morgan fingerprint density at radius 3 is 2.64 bits per heavy atom. The van der Waals surface area contributed by atoms with Crippen molar-refractivity contribution in [1.29, 1.82) is 0 Å². The molecule has 0 amide bonds. The molecule has 4 aliphatic rings. The average molecular weight is 455 g/mol. The van der Waals surface area contributed by atoms with Crippen LogP contribution in [0.25, 0.3) is 0 Å². The van der Waals surface area contributed by atoms with Crippen LogP contribution in [0.1, 0.15) is 106 Å². The first-order valence-electron chi connectivity index (χ1n) is 14.2. The number of hydrogen-bond donors (Lipinski definition) is 0. The van der Waals surface area contributed by atoms with Crippen molar-refractivity contribution in [2.24, 2.45) is 52.3 Å². The topological polar surface area (TPSA) is 26.3 Å². The smallest absolute Gasteiger partial charge is 0.302 e. The number of carbonyl (C=O) groups excluding carboxylic acids is 1. The first kappa shape index (κ1) is 25.1. The van der Waals surface area contributed by atoms with E-state index in [0.717, 1.165) is 30.1 Å². The van der Waals surface area contributed by atoms with Gasteiger partial charge in [-0.3, -0.25) is 4.79 Å². The number of ether oxygens (including phenoxy) is 1. The molecule has 2 heteroatoms. The second kappa shape index (κ2) is 9.90. The Bertz CT molecular complexity index is 765. The van der Waals surface area contributed by atoms with E-state index < -0.39 is 0 Å². The van der Waals surface area contributed by atoms with E-state index in [1.54, 1.807) is 0 Å². The summed E-state index contributed by atoms with van der Waals surface area (Å²) in [7, 11) is 0. The van der Waals surface area contributed by atoms with Crippen LogP contribution >= 0.6 is 0 Å². The molecule has 0 radical (unpaired) electrons. The van der Waals surface area contributed by atoms with E-state index in [1.807, 2.05) is 5.57 Å². The lowest BCUT2D eigenvalue weighted by atomic mass is 9.47. The summed E-state index contributed by atoms with van der Waals surface area (Å²) in [5.41, 5.74) is 2.85. The van der Waals surface area contributed by atoms with Crippen LogP contribution in [0.3, 0.4) is 0 Å². The van der Waals surface area contributed by atoms with Crippen LogP contribution in [-0.4, -0.2) is 12.6 Å². The summed E-state index contributed by atoms with van der Waals surface area (Å²) in [6.45, 7) is 14.3. The van der Waals surface area contributed by atoms with Gasteiger partial charge in [-0.2, -0.15) is 0 Å². The molecule has 0 saturated heterocycles. The summed E-state index contributed by atoms with van der Waals surface area (Å²) in [5, 5.41) is 0. The van der Waals surface area contributed by atoms with Crippen molar-refractivity contribution >= 4 is 5.97 Å². The molecular weight excluding hydrogens is 404 g/mol. The molecule has 0 bridgehead atoms. The van der Waals surface area contributed by atoms with Gasteiger partial charge in [0.15, 0.2) is 0 Å². The first-order chi connectivity index (χ1) is 15.7. The van der Waals surface area contributed by atoms with Crippen LogP contribution in [0.5, 0.6) is 0 Å². The van der Waals surface area contributed by atoms with Gasteiger partial charge in [0.25, 0.3) is 0 Å². The van der Waals surface area contributed by atoms with E-state index in [-0.39, 0.29) is 5.97 Å². The summed E-state index contributed by atoms with van der Waals surface area (Å²) >= 11 is 0. The molecule has 4 aliphatic carbocycles. The Balaban J connectivity index is 1.45. The first-order valence-corrected chi connectivity index (χ1v) is 14.2. The van der Waals surface area contributed by atoms with E-state index in [4.69, 9.17) is 4.74 Å². The number of allylic oxidation sites excluding steroid dienone is 4. The Kier molecular flexibility index (Phi) is 7.52. The Hall–Kier alpha value is -1.05. The number of hydrogen-bond acceptors (Lipinski definition) is 2. The van der Waals surface area contributed by atoms with Crippen molar-refractivity contribution in [1.82, 2.24) is 0 Å². The molecule has 0 aromatic heterocycles.